The number of fused-ring (bicyclic) bond motifs is 1. The molecule has 1 aromatic carbocycles. The lowest BCUT2D eigenvalue weighted by Gasteiger charge is -2.00. The van der Waals surface area contributed by atoms with E-state index in [2.05, 4.69) is 0 Å². The number of rotatable bonds is 0. The molecule has 1 heterocycles. The Hall–Kier alpha value is -1.15. The zero-order valence-corrected chi connectivity index (χ0v) is 8.26. The molecule has 68 valence electrons. The fourth-order valence-electron chi connectivity index (χ4n) is 1.48. The third kappa shape index (κ3) is 1.18. The number of benzene rings is 1. The van der Waals surface area contributed by atoms with Gasteiger partial charge < -0.3 is 9.67 Å². The molecule has 1 aromatic heterocycles. The van der Waals surface area contributed by atoms with Crippen molar-refractivity contribution < 1.29 is 5.11 Å². The molecule has 0 aliphatic rings. The average molecular weight is 196 g/mol. The summed E-state index contributed by atoms with van der Waals surface area (Å²) in [6.45, 7) is 2.02. The minimum Gasteiger partial charge on any atom is -0.506 e. The Balaban J connectivity index is 2.89. The minimum atomic E-state index is 0.135. The van der Waals surface area contributed by atoms with Gasteiger partial charge in [-0.15, -0.1) is 0 Å². The van der Waals surface area contributed by atoms with E-state index in [1.54, 1.807) is 12.1 Å². The summed E-state index contributed by atoms with van der Waals surface area (Å²) in [5, 5.41) is 10.9. The summed E-state index contributed by atoms with van der Waals surface area (Å²) in [4.78, 5) is 0. The van der Waals surface area contributed by atoms with Gasteiger partial charge in [0.05, 0.1) is 10.5 Å². The summed E-state index contributed by atoms with van der Waals surface area (Å²) in [6, 6.07) is 5.50. The molecule has 0 amide bonds. The molecule has 2 rings (SSSR count). The number of aromatic hydroxyl groups is 1. The molecule has 0 saturated carbocycles. The molecule has 2 nitrogen and oxygen atoms in total. The number of nitrogens with zero attached hydrogens (tertiary/aromatic N) is 1. The van der Waals surface area contributed by atoms with Crippen molar-refractivity contribution in [1.29, 1.82) is 0 Å². The van der Waals surface area contributed by atoms with Gasteiger partial charge in [0.1, 0.15) is 5.75 Å². The van der Waals surface area contributed by atoms with Crippen LogP contribution in [0, 0.1) is 6.92 Å². The van der Waals surface area contributed by atoms with Crippen molar-refractivity contribution in [1.82, 2.24) is 4.57 Å². The molecule has 0 atom stereocenters. The van der Waals surface area contributed by atoms with Crippen LogP contribution in [0.2, 0.25) is 5.02 Å². The second-order valence-corrected chi connectivity index (χ2v) is 3.61. The van der Waals surface area contributed by atoms with Crippen molar-refractivity contribution in [2.24, 2.45) is 7.05 Å². The monoisotopic (exact) mass is 195 g/mol. The van der Waals surface area contributed by atoms with Crippen molar-refractivity contribution >= 4 is 22.5 Å². The van der Waals surface area contributed by atoms with E-state index in [4.69, 9.17) is 11.6 Å². The van der Waals surface area contributed by atoms with E-state index in [1.807, 2.05) is 24.6 Å². The second-order valence-electron chi connectivity index (χ2n) is 3.21. The van der Waals surface area contributed by atoms with Gasteiger partial charge in [-0.25, -0.2) is 0 Å². The van der Waals surface area contributed by atoms with E-state index in [1.165, 1.54) is 0 Å². The van der Waals surface area contributed by atoms with E-state index in [-0.39, 0.29) is 5.75 Å². The normalized spacial score (nSPS) is 11.0. The molecule has 0 spiro atoms. The standard InChI is InChI=1S/C10H10ClNO/c1-6-3-7-4-8(11)10(13)5-9(7)12(6)2/h3-5,13H,1-2H3. The van der Waals surface area contributed by atoms with Gasteiger partial charge in [-0.05, 0) is 19.1 Å². The first-order valence-electron chi connectivity index (χ1n) is 4.04. The molecular formula is C10H10ClNO. The van der Waals surface area contributed by atoms with Crippen LogP contribution in [-0.2, 0) is 7.05 Å². The second kappa shape index (κ2) is 2.67. The van der Waals surface area contributed by atoms with Crippen LogP contribution < -0.4 is 0 Å². The highest BCUT2D eigenvalue weighted by Crippen LogP contribution is 2.30. The lowest BCUT2D eigenvalue weighted by atomic mass is 10.2. The first-order chi connectivity index (χ1) is 6.09. The first kappa shape index (κ1) is 8.45. The van der Waals surface area contributed by atoms with Crippen LogP contribution in [0.3, 0.4) is 0 Å². The van der Waals surface area contributed by atoms with E-state index >= 15 is 0 Å². The zero-order valence-electron chi connectivity index (χ0n) is 7.50. The Morgan fingerprint density at radius 1 is 1.31 bits per heavy atom. The first-order valence-corrected chi connectivity index (χ1v) is 4.42. The predicted octanol–water partition coefficient (Wildman–Crippen LogP) is 2.85. The van der Waals surface area contributed by atoms with Crippen molar-refractivity contribution in [3.8, 4) is 5.75 Å². The molecule has 2 aromatic rings. The van der Waals surface area contributed by atoms with Crippen LogP contribution in [0.5, 0.6) is 5.75 Å². The number of hydrogen-bond donors (Lipinski definition) is 1. The van der Waals surface area contributed by atoms with Crippen LogP contribution in [0.1, 0.15) is 5.69 Å². The zero-order chi connectivity index (χ0) is 9.59. The number of aromatic nitrogens is 1. The maximum Gasteiger partial charge on any atom is 0.136 e. The quantitative estimate of drug-likeness (QED) is 0.687. The summed E-state index contributed by atoms with van der Waals surface area (Å²) >= 11 is 5.79. The van der Waals surface area contributed by atoms with E-state index < -0.39 is 0 Å². The van der Waals surface area contributed by atoms with E-state index in [0.29, 0.717) is 5.02 Å². The highest BCUT2D eigenvalue weighted by molar-refractivity contribution is 6.32. The maximum atomic E-state index is 9.41. The Kier molecular flexibility index (Phi) is 1.74. The number of phenolic OH excluding ortho intramolecular Hbond substituents is 1. The summed E-state index contributed by atoms with van der Waals surface area (Å²) in [6.07, 6.45) is 0. The maximum absolute atomic E-state index is 9.41. The molecule has 0 aliphatic carbocycles. The molecule has 0 aliphatic heterocycles. The lowest BCUT2D eigenvalue weighted by molar-refractivity contribution is 0.476. The Labute approximate surface area is 81.4 Å². The van der Waals surface area contributed by atoms with E-state index in [0.717, 1.165) is 16.6 Å². The Morgan fingerprint density at radius 3 is 2.69 bits per heavy atom. The highest BCUT2D eigenvalue weighted by Gasteiger charge is 2.05. The van der Waals surface area contributed by atoms with Gasteiger partial charge >= 0.3 is 0 Å². The fourth-order valence-corrected chi connectivity index (χ4v) is 1.66. The molecule has 0 bridgehead atoms. The Bertz CT molecular complexity index is 473. The van der Waals surface area contributed by atoms with Crippen LogP contribution in [0.25, 0.3) is 10.9 Å². The van der Waals surface area contributed by atoms with Crippen LogP contribution in [0.4, 0.5) is 0 Å². The third-order valence-electron chi connectivity index (χ3n) is 2.35. The summed E-state index contributed by atoms with van der Waals surface area (Å²) in [7, 11) is 1.96. The topological polar surface area (TPSA) is 25.2 Å². The van der Waals surface area contributed by atoms with Gasteiger partial charge in [0, 0.05) is 24.2 Å². The van der Waals surface area contributed by atoms with Gasteiger partial charge in [0.25, 0.3) is 0 Å². The molecule has 0 fully saturated rings. The van der Waals surface area contributed by atoms with Gasteiger partial charge in [0.2, 0.25) is 0 Å². The molecular weight excluding hydrogens is 186 g/mol. The van der Waals surface area contributed by atoms with Crippen LogP contribution >= 0.6 is 11.6 Å². The number of aryl methyl sites for hydroxylation is 2. The van der Waals surface area contributed by atoms with E-state index in [9.17, 15) is 5.11 Å². The summed E-state index contributed by atoms with van der Waals surface area (Å²) in [5.41, 5.74) is 2.15. The van der Waals surface area contributed by atoms with Crippen molar-refractivity contribution in [3.63, 3.8) is 0 Å². The number of halogens is 1. The largest absolute Gasteiger partial charge is 0.506 e. The SMILES string of the molecule is Cc1cc2cc(Cl)c(O)cc2n1C. The third-order valence-corrected chi connectivity index (χ3v) is 2.65. The number of phenols is 1. The van der Waals surface area contributed by atoms with Crippen LogP contribution in [-0.4, -0.2) is 9.67 Å². The van der Waals surface area contributed by atoms with Gasteiger partial charge in [-0.2, -0.15) is 0 Å². The molecule has 0 radical (unpaired) electrons. The van der Waals surface area contributed by atoms with Crippen molar-refractivity contribution in [2.75, 3.05) is 0 Å². The molecule has 1 N–H and O–H groups in total. The van der Waals surface area contributed by atoms with Crippen molar-refractivity contribution in [3.05, 3.63) is 28.9 Å². The average Bonchev–Trinajstić information content (AvgIpc) is 2.32. The smallest absolute Gasteiger partial charge is 0.136 e. The fraction of sp³-hybridized carbons (Fsp3) is 0.200. The van der Waals surface area contributed by atoms with Crippen molar-refractivity contribution in [2.45, 2.75) is 6.92 Å². The van der Waals surface area contributed by atoms with Gasteiger partial charge in [0.15, 0.2) is 0 Å². The van der Waals surface area contributed by atoms with Gasteiger partial charge in [-0.1, -0.05) is 11.6 Å². The van der Waals surface area contributed by atoms with Gasteiger partial charge in [-0.3, -0.25) is 0 Å². The minimum absolute atomic E-state index is 0.135. The number of hydrogen-bond acceptors (Lipinski definition) is 1. The summed E-state index contributed by atoms with van der Waals surface area (Å²) < 4.78 is 2.02. The lowest BCUT2D eigenvalue weighted by Crippen LogP contribution is -1.88. The Morgan fingerprint density at radius 2 is 2.00 bits per heavy atom. The highest BCUT2D eigenvalue weighted by atomic mass is 35.5. The molecule has 13 heavy (non-hydrogen) atoms. The molecule has 3 heteroatoms. The molecule has 0 unspecified atom stereocenters. The summed E-state index contributed by atoms with van der Waals surface area (Å²) in [5.74, 6) is 0.135. The molecule has 0 saturated heterocycles. The van der Waals surface area contributed by atoms with Crippen LogP contribution in [0.15, 0.2) is 18.2 Å². The predicted molar refractivity (Wildman–Crippen MR) is 54.3 cm³/mol.